The van der Waals surface area contributed by atoms with E-state index in [0.29, 0.717) is 0 Å². The zero-order valence-corrected chi connectivity index (χ0v) is 12.3. The van der Waals surface area contributed by atoms with Crippen molar-refractivity contribution >= 4 is 0 Å². The molecule has 1 heterocycles. The molecule has 1 aliphatic heterocycles. The number of hydrogen-bond donors (Lipinski definition) is 0. The van der Waals surface area contributed by atoms with Crippen molar-refractivity contribution in [3.63, 3.8) is 0 Å². The molecule has 1 rings (SSSR count). The minimum atomic E-state index is 0. The minimum absolute atomic E-state index is 0. The van der Waals surface area contributed by atoms with Crippen LogP contribution in [0.3, 0.4) is 0 Å². The van der Waals surface area contributed by atoms with Gasteiger partial charge in [-0.1, -0.05) is 43.7 Å². The monoisotopic (exact) mass is 275 g/mol. The van der Waals surface area contributed by atoms with E-state index in [-0.39, 0.29) is 32.7 Å². The van der Waals surface area contributed by atoms with Gasteiger partial charge in [-0.15, -0.1) is 24.7 Å². The number of nitrogens with zero attached hydrogens (tertiary/aromatic N) is 1. The first-order chi connectivity index (χ1) is 6.69. The van der Waals surface area contributed by atoms with Gasteiger partial charge in [0.25, 0.3) is 0 Å². The molecule has 77 valence electrons. The van der Waals surface area contributed by atoms with Crippen LogP contribution in [0.4, 0.5) is 0 Å². The van der Waals surface area contributed by atoms with E-state index < -0.39 is 0 Å². The first kappa shape index (κ1) is 14.7. The van der Waals surface area contributed by atoms with Crippen LogP contribution in [-0.4, -0.2) is 11.4 Å². The van der Waals surface area contributed by atoms with Gasteiger partial charge in [-0.05, 0) is 13.0 Å². The smallest absolute Gasteiger partial charge is 0 e. The van der Waals surface area contributed by atoms with Crippen LogP contribution in [0.2, 0.25) is 0 Å². The molecule has 0 amide bonds. The molecule has 0 aromatic rings. The maximum Gasteiger partial charge on any atom is 0 e. The molecule has 0 aromatic heterocycles. The maximum absolute atomic E-state index is 5.40. The van der Waals surface area contributed by atoms with Crippen molar-refractivity contribution in [2.24, 2.45) is 0 Å². The van der Waals surface area contributed by atoms with Crippen molar-refractivity contribution in [2.75, 3.05) is 6.54 Å². The van der Waals surface area contributed by atoms with Crippen LogP contribution < -0.4 is 0 Å². The van der Waals surface area contributed by atoms with Crippen LogP contribution in [0.25, 0.3) is 0 Å². The van der Waals surface area contributed by atoms with Crippen LogP contribution in [0.5, 0.6) is 0 Å². The van der Waals surface area contributed by atoms with E-state index in [1.807, 2.05) is 17.9 Å². The van der Waals surface area contributed by atoms with Crippen LogP contribution in [0.1, 0.15) is 26.7 Å². The Hall–Kier alpha value is -0.316. The first-order valence-electron chi connectivity index (χ1n) is 4.94. The molecule has 0 saturated carbocycles. The zero-order valence-electron chi connectivity index (χ0n) is 9.51. The van der Waals surface area contributed by atoms with Gasteiger partial charge in [-0.25, -0.2) is 0 Å². The fourth-order valence-electron chi connectivity index (χ4n) is 1.39. The van der Waals surface area contributed by atoms with Crippen molar-refractivity contribution in [1.82, 2.24) is 4.90 Å². The Morgan fingerprint density at radius 1 is 1.60 bits per heavy atom. The zero-order chi connectivity index (χ0) is 10.6. The predicted molar refractivity (Wildman–Crippen MR) is 60.1 cm³/mol. The second kappa shape index (κ2) is 7.04. The van der Waals surface area contributed by atoms with Crippen LogP contribution in [0.15, 0.2) is 29.5 Å². The molecule has 1 aliphatic rings. The first-order valence-corrected chi connectivity index (χ1v) is 4.94. The Morgan fingerprint density at radius 2 is 2.27 bits per heavy atom. The van der Waals surface area contributed by atoms with E-state index in [9.17, 15) is 0 Å². The van der Waals surface area contributed by atoms with Gasteiger partial charge in [0.05, 0.1) is 0 Å². The summed E-state index contributed by atoms with van der Waals surface area (Å²) in [6.07, 6.45) is 12.9. The van der Waals surface area contributed by atoms with E-state index in [1.165, 1.54) is 6.42 Å². The van der Waals surface area contributed by atoms with Crippen molar-refractivity contribution < 1.29 is 32.7 Å². The maximum atomic E-state index is 5.40. The SMILES string of the molecule is C#CC1=CC(C)=[C-]N(CCCC)C1=C.[Y]. The van der Waals surface area contributed by atoms with E-state index in [4.69, 9.17) is 6.42 Å². The topological polar surface area (TPSA) is 3.24 Å². The van der Waals surface area contributed by atoms with E-state index in [2.05, 4.69) is 25.6 Å². The van der Waals surface area contributed by atoms with Gasteiger partial charge in [0.15, 0.2) is 0 Å². The quantitative estimate of drug-likeness (QED) is 0.565. The van der Waals surface area contributed by atoms with Gasteiger partial charge < -0.3 is 4.90 Å². The Kier molecular flexibility index (Phi) is 6.89. The summed E-state index contributed by atoms with van der Waals surface area (Å²) < 4.78 is 0. The third kappa shape index (κ3) is 3.97. The Balaban J connectivity index is 0.00000196. The summed E-state index contributed by atoms with van der Waals surface area (Å²) in [5, 5.41) is 0. The van der Waals surface area contributed by atoms with Crippen molar-refractivity contribution in [2.45, 2.75) is 26.7 Å². The molecule has 0 unspecified atom stereocenters. The number of rotatable bonds is 3. The van der Waals surface area contributed by atoms with E-state index in [1.54, 1.807) is 0 Å². The largest absolute Gasteiger partial charge is 0.455 e. The molecular formula is C13H16NY-. The molecule has 15 heavy (non-hydrogen) atoms. The number of hydrogen-bond acceptors (Lipinski definition) is 1. The van der Waals surface area contributed by atoms with Crippen molar-refractivity contribution in [3.05, 3.63) is 35.7 Å². The van der Waals surface area contributed by atoms with E-state index >= 15 is 0 Å². The molecule has 0 spiro atoms. The number of unbranched alkanes of at least 4 members (excludes halogenated alkanes) is 1. The van der Waals surface area contributed by atoms with Crippen LogP contribution in [-0.2, 0) is 32.7 Å². The minimum Gasteiger partial charge on any atom is -0.455 e. The van der Waals surface area contributed by atoms with Gasteiger partial charge in [-0.3, -0.25) is 0 Å². The summed E-state index contributed by atoms with van der Waals surface area (Å²) >= 11 is 0. The summed E-state index contributed by atoms with van der Waals surface area (Å²) in [6, 6.07) is 0. The normalized spacial score (nSPS) is 15.0. The average Bonchev–Trinajstić information content (AvgIpc) is 2.18. The molecule has 0 saturated heterocycles. The average molecular weight is 275 g/mol. The molecule has 2 heteroatoms. The molecule has 0 atom stereocenters. The molecule has 0 fully saturated rings. The Labute approximate surface area is 118 Å². The van der Waals surface area contributed by atoms with Gasteiger partial charge in [-0.2, -0.15) is 0 Å². The molecule has 0 bridgehead atoms. The van der Waals surface area contributed by atoms with E-state index in [0.717, 1.165) is 29.8 Å². The van der Waals surface area contributed by atoms with Gasteiger partial charge in [0.1, 0.15) is 0 Å². The molecule has 1 nitrogen and oxygen atoms in total. The standard InChI is InChI=1S/C13H16N.Y/c1-5-7-8-14-10-11(3)9-13(6-2)12(14)4;/h2,9H,4-5,7-8H2,1,3H3;/q-1;. The van der Waals surface area contributed by atoms with Gasteiger partial charge in [0, 0.05) is 32.7 Å². The summed E-state index contributed by atoms with van der Waals surface area (Å²) in [7, 11) is 0. The molecular weight excluding hydrogens is 259 g/mol. The third-order valence-corrected chi connectivity index (χ3v) is 2.20. The van der Waals surface area contributed by atoms with Crippen molar-refractivity contribution in [1.29, 1.82) is 0 Å². The van der Waals surface area contributed by atoms with Crippen molar-refractivity contribution in [3.8, 4) is 12.3 Å². The van der Waals surface area contributed by atoms with Gasteiger partial charge in [0.2, 0.25) is 0 Å². The molecule has 0 aliphatic carbocycles. The number of allylic oxidation sites excluding steroid dienone is 3. The Bertz CT molecular complexity index is 331. The van der Waals surface area contributed by atoms with Gasteiger partial charge >= 0.3 is 0 Å². The third-order valence-electron chi connectivity index (χ3n) is 2.20. The summed E-state index contributed by atoms with van der Waals surface area (Å²) in [4.78, 5) is 2.02. The van der Waals surface area contributed by atoms with Crippen LogP contribution in [0, 0.1) is 18.5 Å². The summed E-state index contributed by atoms with van der Waals surface area (Å²) in [5.74, 6) is 2.65. The summed E-state index contributed by atoms with van der Waals surface area (Å²) in [5.41, 5.74) is 2.84. The summed E-state index contributed by atoms with van der Waals surface area (Å²) in [6.45, 7) is 9.10. The fraction of sp³-hybridized carbons (Fsp3) is 0.385. The molecule has 0 N–H and O–H groups in total. The van der Waals surface area contributed by atoms with Crippen LogP contribution >= 0.6 is 0 Å². The molecule has 1 radical (unpaired) electrons. The predicted octanol–water partition coefficient (Wildman–Crippen LogP) is 2.88. The molecule has 0 aromatic carbocycles. The number of terminal acetylenes is 1. The second-order valence-electron chi connectivity index (χ2n) is 3.45. The Morgan fingerprint density at radius 3 is 2.80 bits per heavy atom. The fourth-order valence-corrected chi connectivity index (χ4v) is 1.39. The second-order valence-corrected chi connectivity index (χ2v) is 3.45.